The van der Waals surface area contributed by atoms with Gasteiger partial charge in [-0.15, -0.1) is 11.8 Å². The van der Waals surface area contributed by atoms with Crippen LogP contribution in [0.4, 0.5) is 0 Å². The molecule has 2 fully saturated rings. The lowest BCUT2D eigenvalue weighted by atomic mass is 9.97. The quantitative estimate of drug-likeness (QED) is 0.154. The Morgan fingerprint density at radius 2 is 1.27 bits per heavy atom. The standard InChI is InChI=1S/C22H42O10S/c1-2-3-4-5-6-7-8-9-10-33-22-19(29)17(27)20(14(12-24)31-22)32-21-18(28)16(26)15(25)13(11-23)30-21/h13-29H,2-12H2,1H3/t13-,14-,15-,16+,17-,18-,19-,20-,21-,22+/m1/s1. The first kappa shape index (κ1) is 29.2. The molecule has 0 aromatic heterocycles. The zero-order valence-electron chi connectivity index (χ0n) is 19.3. The minimum Gasteiger partial charge on any atom is -0.394 e. The van der Waals surface area contributed by atoms with Gasteiger partial charge in [0.15, 0.2) is 6.29 Å². The van der Waals surface area contributed by atoms with Gasteiger partial charge in [-0.3, -0.25) is 0 Å². The summed E-state index contributed by atoms with van der Waals surface area (Å²) in [5, 5.41) is 70.2. The third kappa shape index (κ3) is 8.25. The van der Waals surface area contributed by atoms with Crippen molar-refractivity contribution in [2.75, 3.05) is 19.0 Å². The maximum atomic E-state index is 10.6. The lowest BCUT2D eigenvalue weighted by Crippen LogP contribution is -2.64. The number of aliphatic hydroxyl groups is 7. The van der Waals surface area contributed by atoms with Gasteiger partial charge < -0.3 is 50.0 Å². The van der Waals surface area contributed by atoms with E-state index in [-0.39, 0.29) is 0 Å². The molecule has 2 heterocycles. The van der Waals surface area contributed by atoms with E-state index in [1.165, 1.54) is 43.9 Å². The number of unbranched alkanes of at least 4 members (excludes halogenated alkanes) is 7. The molecule has 196 valence electrons. The largest absolute Gasteiger partial charge is 0.394 e. The van der Waals surface area contributed by atoms with Crippen molar-refractivity contribution in [3.05, 3.63) is 0 Å². The second-order valence-electron chi connectivity index (χ2n) is 8.85. The number of aliphatic hydroxyl groups excluding tert-OH is 7. The molecule has 0 aromatic rings. The summed E-state index contributed by atoms with van der Waals surface area (Å²) in [5.74, 6) is 0.736. The molecular weight excluding hydrogens is 456 g/mol. The Balaban J connectivity index is 1.82. The Morgan fingerprint density at radius 3 is 1.88 bits per heavy atom. The molecule has 0 bridgehead atoms. The fourth-order valence-corrected chi connectivity index (χ4v) is 5.31. The minimum absolute atomic E-state index is 0.513. The lowest BCUT2D eigenvalue weighted by molar-refractivity contribution is -0.338. The zero-order chi connectivity index (χ0) is 24.4. The molecule has 33 heavy (non-hydrogen) atoms. The maximum absolute atomic E-state index is 10.6. The van der Waals surface area contributed by atoms with Crippen LogP contribution in [0.5, 0.6) is 0 Å². The fraction of sp³-hybridized carbons (Fsp3) is 1.00. The second-order valence-corrected chi connectivity index (χ2v) is 10.1. The summed E-state index contributed by atoms with van der Waals surface area (Å²) in [7, 11) is 0. The Morgan fingerprint density at radius 1 is 0.667 bits per heavy atom. The minimum atomic E-state index is -1.67. The van der Waals surface area contributed by atoms with Crippen molar-refractivity contribution < 1.29 is 50.0 Å². The highest BCUT2D eigenvalue weighted by atomic mass is 32.2. The van der Waals surface area contributed by atoms with Gasteiger partial charge in [-0.05, 0) is 12.2 Å². The highest BCUT2D eigenvalue weighted by molar-refractivity contribution is 7.99. The van der Waals surface area contributed by atoms with Crippen LogP contribution in [0.1, 0.15) is 58.3 Å². The summed E-state index contributed by atoms with van der Waals surface area (Å²) in [6.45, 7) is 1.06. The molecule has 0 saturated carbocycles. The molecule has 0 radical (unpaired) electrons. The van der Waals surface area contributed by atoms with Crippen molar-refractivity contribution in [3.8, 4) is 0 Å². The molecule has 2 rings (SSSR count). The number of ether oxygens (including phenoxy) is 3. The summed E-state index contributed by atoms with van der Waals surface area (Å²) in [6, 6.07) is 0. The number of thioether (sulfide) groups is 1. The third-order valence-corrected chi connectivity index (χ3v) is 7.48. The number of hydrogen-bond acceptors (Lipinski definition) is 11. The molecule has 10 nitrogen and oxygen atoms in total. The molecule has 2 aliphatic heterocycles. The molecule has 0 unspecified atom stereocenters. The molecule has 2 aliphatic rings. The van der Waals surface area contributed by atoms with Gasteiger partial charge in [0.1, 0.15) is 54.3 Å². The lowest BCUT2D eigenvalue weighted by Gasteiger charge is -2.46. The van der Waals surface area contributed by atoms with Crippen LogP contribution in [0.2, 0.25) is 0 Å². The summed E-state index contributed by atoms with van der Waals surface area (Å²) in [6.07, 6.45) is -3.10. The molecule has 7 N–H and O–H groups in total. The van der Waals surface area contributed by atoms with E-state index in [0.717, 1.165) is 25.0 Å². The first-order valence-corrected chi connectivity index (χ1v) is 13.1. The van der Waals surface area contributed by atoms with Gasteiger partial charge in [-0.1, -0.05) is 51.9 Å². The van der Waals surface area contributed by atoms with Crippen molar-refractivity contribution in [2.24, 2.45) is 0 Å². The van der Waals surface area contributed by atoms with E-state index in [9.17, 15) is 35.7 Å². The van der Waals surface area contributed by atoms with Gasteiger partial charge in [-0.2, -0.15) is 0 Å². The Bertz CT molecular complexity index is 525. The smallest absolute Gasteiger partial charge is 0.187 e. The average molecular weight is 499 g/mol. The van der Waals surface area contributed by atoms with Crippen LogP contribution in [-0.4, -0.2) is 115 Å². The van der Waals surface area contributed by atoms with Gasteiger partial charge in [0, 0.05) is 0 Å². The van der Waals surface area contributed by atoms with E-state index in [4.69, 9.17) is 14.2 Å². The number of rotatable bonds is 14. The highest BCUT2D eigenvalue weighted by Crippen LogP contribution is 2.33. The van der Waals surface area contributed by atoms with Crippen molar-refractivity contribution in [2.45, 2.75) is 119 Å². The SMILES string of the molecule is CCCCCCCCCCS[C@@H]1O[C@H](CO)[C@@H](O[C@H]2O[C@H](CO)[C@@H](O)[C@H](O)[C@H]2O)[C@H](O)[C@H]1O. The van der Waals surface area contributed by atoms with Crippen LogP contribution >= 0.6 is 11.8 Å². The zero-order valence-corrected chi connectivity index (χ0v) is 20.1. The second kappa shape index (κ2) is 15.1. The van der Waals surface area contributed by atoms with Gasteiger partial charge in [0.05, 0.1) is 13.2 Å². The van der Waals surface area contributed by atoms with Crippen LogP contribution in [0.15, 0.2) is 0 Å². The number of hydrogen-bond donors (Lipinski definition) is 7. The average Bonchev–Trinajstić information content (AvgIpc) is 2.82. The van der Waals surface area contributed by atoms with Gasteiger partial charge in [0.25, 0.3) is 0 Å². The van der Waals surface area contributed by atoms with Crippen molar-refractivity contribution >= 4 is 11.8 Å². The topological polar surface area (TPSA) is 169 Å². The van der Waals surface area contributed by atoms with E-state index in [2.05, 4.69) is 6.92 Å². The van der Waals surface area contributed by atoms with Crippen molar-refractivity contribution in [1.82, 2.24) is 0 Å². The first-order chi connectivity index (χ1) is 15.8. The molecular formula is C22H42O10S. The van der Waals surface area contributed by atoms with Crippen molar-refractivity contribution in [1.29, 1.82) is 0 Å². The molecule has 2 saturated heterocycles. The van der Waals surface area contributed by atoms with Crippen LogP contribution in [-0.2, 0) is 14.2 Å². The maximum Gasteiger partial charge on any atom is 0.187 e. The predicted octanol–water partition coefficient (Wildman–Crippen LogP) is -0.516. The molecule has 0 spiro atoms. The Hall–Kier alpha value is -0.0500. The Labute approximate surface area is 199 Å². The Kier molecular flexibility index (Phi) is 13.4. The molecule has 10 atom stereocenters. The van der Waals surface area contributed by atoms with Gasteiger partial charge in [0.2, 0.25) is 0 Å². The van der Waals surface area contributed by atoms with E-state index >= 15 is 0 Å². The summed E-state index contributed by atoms with van der Waals surface area (Å²) < 4.78 is 16.6. The van der Waals surface area contributed by atoms with Gasteiger partial charge in [-0.25, -0.2) is 0 Å². The fourth-order valence-electron chi connectivity index (χ4n) is 4.13. The van der Waals surface area contributed by atoms with E-state index in [0.29, 0.717) is 0 Å². The van der Waals surface area contributed by atoms with E-state index in [1.54, 1.807) is 0 Å². The molecule has 0 aliphatic carbocycles. The highest BCUT2D eigenvalue weighted by Gasteiger charge is 2.50. The molecule has 0 aromatic carbocycles. The monoisotopic (exact) mass is 498 g/mol. The summed E-state index contributed by atoms with van der Waals surface area (Å²) >= 11 is 1.37. The first-order valence-electron chi connectivity index (χ1n) is 12.1. The normalized spacial score (nSPS) is 39.6. The predicted molar refractivity (Wildman–Crippen MR) is 121 cm³/mol. The van der Waals surface area contributed by atoms with Crippen LogP contribution in [0.3, 0.4) is 0 Å². The summed E-state index contributed by atoms with van der Waals surface area (Å²) in [5.41, 5.74) is -0.753. The van der Waals surface area contributed by atoms with Crippen LogP contribution < -0.4 is 0 Å². The van der Waals surface area contributed by atoms with Crippen LogP contribution in [0.25, 0.3) is 0 Å². The van der Waals surface area contributed by atoms with E-state index < -0.39 is 73.8 Å². The van der Waals surface area contributed by atoms with Gasteiger partial charge >= 0.3 is 0 Å². The molecule has 11 heteroatoms. The third-order valence-electron chi connectivity index (χ3n) is 6.24. The van der Waals surface area contributed by atoms with Crippen molar-refractivity contribution in [3.63, 3.8) is 0 Å². The van der Waals surface area contributed by atoms with Crippen LogP contribution in [0, 0.1) is 0 Å². The molecule has 0 amide bonds. The summed E-state index contributed by atoms with van der Waals surface area (Å²) in [4.78, 5) is 0. The van der Waals surface area contributed by atoms with E-state index in [1.807, 2.05) is 0 Å².